The van der Waals surface area contributed by atoms with E-state index in [1.807, 2.05) is 0 Å². The maximum absolute atomic E-state index is 13.7. The number of phenols is 1. The maximum Gasteiger partial charge on any atom is 0.339 e. The molecule has 2 rings (SSSR count). The molecule has 0 saturated carbocycles. The van der Waals surface area contributed by atoms with E-state index in [1.54, 1.807) is 13.0 Å². The molecule has 0 aromatic heterocycles. The Kier molecular flexibility index (Phi) is 4.31. The van der Waals surface area contributed by atoms with Crippen molar-refractivity contribution in [3.8, 4) is 5.75 Å². The number of aromatic carboxylic acids is 1. The molecule has 0 amide bonds. The van der Waals surface area contributed by atoms with Gasteiger partial charge in [-0.1, -0.05) is 18.2 Å². The second-order valence-corrected chi connectivity index (χ2v) is 4.65. The summed E-state index contributed by atoms with van der Waals surface area (Å²) in [6.07, 6.45) is 0. The Labute approximate surface area is 126 Å². The van der Waals surface area contributed by atoms with Crippen LogP contribution in [0.15, 0.2) is 53.2 Å². The van der Waals surface area contributed by atoms with Crippen molar-refractivity contribution < 1.29 is 19.4 Å². The highest BCUT2D eigenvalue weighted by molar-refractivity contribution is 5.91. The van der Waals surface area contributed by atoms with E-state index in [0.29, 0.717) is 0 Å². The van der Waals surface area contributed by atoms with Gasteiger partial charge in [0.1, 0.15) is 17.0 Å². The summed E-state index contributed by atoms with van der Waals surface area (Å²) in [7, 11) is 0. The first-order chi connectivity index (χ1) is 10.4. The summed E-state index contributed by atoms with van der Waals surface area (Å²) in [6, 6.07) is 8.07. The van der Waals surface area contributed by atoms with Crippen molar-refractivity contribution in [3.05, 3.63) is 59.9 Å². The van der Waals surface area contributed by atoms with Crippen LogP contribution in [-0.2, 0) is 0 Å². The Morgan fingerprint density at radius 2 is 1.91 bits per heavy atom. The van der Waals surface area contributed by atoms with Gasteiger partial charge in [0, 0.05) is 0 Å². The van der Waals surface area contributed by atoms with Crippen LogP contribution in [-0.4, -0.2) is 16.2 Å². The number of allylic oxidation sites excluding steroid dienone is 1. The van der Waals surface area contributed by atoms with Crippen molar-refractivity contribution in [1.29, 1.82) is 0 Å². The number of benzene rings is 2. The number of carboxylic acids is 1. The number of carboxylic acid groups (broad SMARTS) is 1. The van der Waals surface area contributed by atoms with E-state index >= 15 is 0 Å². The molecule has 0 bridgehead atoms. The lowest BCUT2D eigenvalue weighted by Gasteiger charge is -2.02. The van der Waals surface area contributed by atoms with Crippen LogP contribution < -0.4 is 0 Å². The Morgan fingerprint density at radius 3 is 2.55 bits per heavy atom. The predicted octanol–water partition coefficient (Wildman–Crippen LogP) is 4.68. The van der Waals surface area contributed by atoms with E-state index in [0.717, 1.165) is 17.2 Å². The molecule has 0 radical (unpaired) electrons. The van der Waals surface area contributed by atoms with Gasteiger partial charge in [-0.2, -0.15) is 5.11 Å². The Bertz CT molecular complexity index is 785. The molecule has 2 N–H and O–H groups in total. The summed E-state index contributed by atoms with van der Waals surface area (Å²) in [6.45, 7) is 5.55. The molecule has 0 aliphatic carbocycles. The van der Waals surface area contributed by atoms with E-state index < -0.39 is 11.8 Å². The third-order valence-electron chi connectivity index (χ3n) is 2.92. The van der Waals surface area contributed by atoms with Gasteiger partial charge in [-0.25, -0.2) is 9.18 Å². The SMILES string of the molecule is C=C(C)c1ccc(F)c(N=Nc2ccc(O)c(C(=O)O)c2)c1. The molecular weight excluding hydrogens is 287 g/mol. The van der Waals surface area contributed by atoms with Gasteiger partial charge < -0.3 is 10.2 Å². The molecule has 0 fully saturated rings. The number of azo groups is 1. The molecule has 112 valence electrons. The summed E-state index contributed by atoms with van der Waals surface area (Å²) in [5, 5.41) is 25.9. The second-order valence-electron chi connectivity index (χ2n) is 4.65. The molecule has 0 spiro atoms. The first-order valence-corrected chi connectivity index (χ1v) is 6.32. The standard InChI is InChI=1S/C16H13FN2O3/c1-9(2)10-3-5-13(17)14(7-10)19-18-11-4-6-15(20)12(8-11)16(21)22/h3-8,20H,1H2,2H3,(H,21,22). The van der Waals surface area contributed by atoms with Gasteiger partial charge in [0.25, 0.3) is 0 Å². The summed E-state index contributed by atoms with van der Waals surface area (Å²) >= 11 is 0. The van der Waals surface area contributed by atoms with Crippen molar-refractivity contribution in [3.63, 3.8) is 0 Å². The van der Waals surface area contributed by atoms with E-state index in [-0.39, 0.29) is 22.7 Å². The third-order valence-corrected chi connectivity index (χ3v) is 2.92. The van der Waals surface area contributed by atoms with Crippen molar-refractivity contribution in [2.24, 2.45) is 10.2 Å². The first-order valence-electron chi connectivity index (χ1n) is 6.32. The normalized spacial score (nSPS) is 10.8. The van der Waals surface area contributed by atoms with Crippen LogP contribution in [0, 0.1) is 5.82 Å². The molecule has 0 unspecified atom stereocenters. The maximum atomic E-state index is 13.7. The Balaban J connectivity index is 2.36. The van der Waals surface area contributed by atoms with Crippen LogP contribution in [0.1, 0.15) is 22.8 Å². The van der Waals surface area contributed by atoms with E-state index in [4.69, 9.17) is 5.11 Å². The molecule has 22 heavy (non-hydrogen) atoms. The first kappa shape index (κ1) is 15.4. The molecule has 0 heterocycles. The van der Waals surface area contributed by atoms with E-state index in [2.05, 4.69) is 16.8 Å². The minimum absolute atomic E-state index is 0.0189. The number of aromatic hydroxyl groups is 1. The lowest BCUT2D eigenvalue weighted by Crippen LogP contribution is -1.95. The van der Waals surface area contributed by atoms with E-state index in [1.165, 1.54) is 24.3 Å². The fourth-order valence-electron chi connectivity index (χ4n) is 1.72. The van der Waals surface area contributed by atoms with Crippen molar-refractivity contribution in [2.75, 3.05) is 0 Å². The van der Waals surface area contributed by atoms with Crippen LogP contribution >= 0.6 is 0 Å². The average Bonchev–Trinajstić information content (AvgIpc) is 2.47. The van der Waals surface area contributed by atoms with Gasteiger partial charge >= 0.3 is 5.97 Å². The summed E-state index contributed by atoms with van der Waals surface area (Å²) in [5.74, 6) is -2.21. The van der Waals surface area contributed by atoms with Gasteiger partial charge in [0.05, 0.1) is 5.69 Å². The highest BCUT2D eigenvalue weighted by Gasteiger charge is 2.10. The highest BCUT2D eigenvalue weighted by Crippen LogP contribution is 2.27. The molecular formula is C16H13FN2O3. The van der Waals surface area contributed by atoms with Gasteiger partial charge in [-0.05, 0) is 42.8 Å². The largest absolute Gasteiger partial charge is 0.507 e. The zero-order valence-corrected chi connectivity index (χ0v) is 11.7. The second kappa shape index (κ2) is 6.17. The number of carbonyl (C=O) groups is 1. The molecule has 2 aromatic rings. The van der Waals surface area contributed by atoms with Crippen LogP contribution in [0.4, 0.5) is 15.8 Å². The number of hydrogen-bond donors (Lipinski definition) is 2. The molecule has 0 saturated heterocycles. The number of nitrogens with zero attached hydrogens (tertiary/aromatic N) is 2. The lowest BCUT2D eigenvalue weighted by molar-refractivity contribution is 0.0694. The quantitative estimate of drug-likeness (QED) is 0.804. The van der Waals surface area contributed by atoms with Gasteiger partial charge in [0.15, 0.2) is 5.82 Å². The fraction of sp³-hybridized carbons (Fsp3) is 0.0625. The fourth-order valence-corrected chi connectivity index (χ4v) is 1.72. The Morgan fingerprint density at radius 1 is 1.18 bits per heavy atom. The topological polar surface area (TPSA) is 82.2 Å². The third kappa shape index (κ3) is 3.35. The molecule has 2 aromatic carbocycles. The number of hydrogen-bond acceptors (Lipinski definition) is 4. The van der Waals surface area contributed by atoms with Crippen LogP contribution in [0.3, 0.4) is 0 Å². The molecule has 5 nitrogen and oxygen atoms in total. The average molecular weight is 300 g/mol. The number of rotatable bonds is 4. The van der Waals surface area contributed by atoms with E-state index in [9.17, 15) is 14.3 Å². The molecule has 0 atom stereocenters. The molecule has 0 aliphatic heterocycles. The van der Waals surface area contributed by atoms with Gasteiger partial charge in [-0.15, -0.1) is 5.11 Å². The summed E-state index contributed by atoms with van der Waals surface area (Å²) in [5.41, 5.74) is 1.40. The molecule has 0 aliphatic rings. The minimum atomic E-state index is -1.29. The highest BCUT2D eigenvalue weighted by atomic mass is 19.1. The van der Waals surface area contributed by atoms with Crippen LogP contribution in [0.25, 0.3) is 5.57 Å². The van der Waals surface area contributed by atoms with Crippen LogP contribution in [0.2, 0.25) is 0 Å². The lowest BCUT2D eigenvalue weighted by atomic mass is 10.1. The van der Waals surface area contributed by atoms with Gasteiger partial charge in [0.2, 0.25) is 0 Å². The number of halogens is 1. The van der Waals surface area contributed by atoms with Crippen molar-refractivity contribution in [1.82, 2.24) is 0 Å². The zero-order valence-electron chi connectivity index (χ0n) is 11.7. The predicted molar refractivity (Wildman–Crippen MR) is 80.4 cm³/mol. The monoisotopic (exact) mass is 300 g/mol. The Hall–Kier alpha value is -3.02. The van der Waals surface area contributed by atoms with Crippen LogP contribution in [0.5, 0.6) is 5.75 Å². The smallest absolute Gasteiger partial charge is 0.339 e. The summed E-state index contributed by atoms with van der Waals surface area (Å²) < 4.78 is 13.7. The van der Waals surface area contributed by atoms with Crippen molar-refractivity contribution in [2.45, 2.75) is 6.92 Å². The molecule has 6 heteroatoms. The minimum Gasteiger partial charge on any atom is -0.507 e. The summed E-state index contributed by atoms with van der Waals surface area (Å²) in [4.78, 5) is 10.9. The zero-order chi connectivity index (χ0) is 16.3. The van der Waals surface area contributed by atoms with Crippen molar-refractivity contribution >= 4 is 22.9 Å². The van der Waals surface area contributed by atoms with Gasteiger partial charge in [-0.3, -0.25) is 0 Å².